The van der Waals surface area contributed by atoms with Crippen molar-refractivity contribution in [3.63, 3.8) is 0 Å². The van der Waals surface area contributed by atoms with E-state index in [0.717, 1.165) is 18.2 Å². The van der Waals surface area contributed by atoms with Crippen molar-refractivity contribution in [2.45, 2.75) is 25.7 Å². The predicted octanol–water partition coefficient (Wildman–Crippen LogP) is 4.46. The minimum atomic E-state index is -4.87. The lowest BCUT2D eigenvalue weighted by Crippen LogP contribution is -2.44. The van der Waals surface area contributed by atoms with Crippen LogP contribution < -0.4 is 0 Å². The van der Waals surface area contributed by atoms with Crippen LogP contribution in [-0.2, 0) is 16.1 Å². The minimum absolute atomic E-state index is 0.0749. The number of benzene rings is 2. The summed E-state index contributed by atoms with van der Waals surface area (Å²) in [5.41, 5.74) is 0.470. The number of hydrogen-bond donors (Lipinski definition) is 1. The van der Waals surface area contributed by atoms with Crippen LogP contribution in [0.25, 0.3) is 0 Å². The second-order valence-electron chi connectivity index (χ2n) is 6.02. The van der Waals surface area contributed by atoms with E-state index in [1.165, 1.54) is 6.92 Å². The van der Waals surface area contributed by atoms with Gasteiger partial charge in [0.15, 0.2) is 6.04 Å². The Bertz CT molecular complexity index is 840. The molecule has 0 aromatic heterocycles. The molecule has 0 aliphatic heterocycles. The Morgan fingerprint density at radius 1 is 1.14 bits per heavy atom. The summed E-state index contributed by atoms with van der Waals surface area (Å²) in [6.45, 7) is -0.827. The van der Waals surface area contributed by atoms with Gasteiger partial charge in [0.2, 0.25) is 0 Å². The van der Waals surface area contributed by atoms with Gasteiger partial charge in [0.1, 0.15) is 19.0 Å². The van der Waals surface area contributed by atoms with Crippen molar-refractivity contribution in [3.05, 3.63) is 71.0 Å². The van der Waals surface area contributed by atoms with Gasteiger partial charge in [-0.3, -0.25) is 4.90 Å². The lowest BCUT2D eigenvalue weighted by Gasteiger charge is -2.30. The van der Waals surface area contributed by atoms with Crippen LogP contribution in [0.1, 0.15) is 22.7 Å². The highest BCUT2D eigenvalue weighted by atomic mass is 19.4. The third kappa shape index (κ3) is 5.70. The number of hydrogen-bond acceptors (Lipinski definition) is 3. The molecular weight excluding hydrogens is 382 g/mol. The molecule has 2 rings (SSSR count). The van der Waals surface area contributed by atoms with Gasteiger partial charge in [-0.05, 0) is 35.7 Å². The first-order valence-electron chi connectivity index (χ1n) is 8.11. The van der Waals surface area contributed by atoms with Crippen LogP contribution in [0.4, 0.5) is 22.4 Å². The Morgan fingerprint density at radius 3 is 2.32 bits per heavy atom. The van der Waals surface area contributed by atoms with E-state index in [9.17, 15) is 32.3 Å². The first-order valence-corrected chi connectivity index (χ1v) is 8.11. The molecule has 5 nitrogen and oxygen atoms in total. The summed E-state index contributed by atoms with van der Waals surface area (Å²) in [5, 5.41) is 9.51. The Balaban J connectivity index is 2.35. The molecule has 150 valence electrons. The Hall–Kier alpha value is -3.10. The molecule has 1 amide bonds. The van der Waals surface area contributed by atoms with Crippen LogP contribution >= 0.6 is 0 Å². The average molecular weight is 399 g/mol. The molecular formula is C19H17F4NO4. The van der Waals surface area contributed by atoms with Gasteiger partial charge in [-0.25, -0.2) is 14.0 Å². The Kier molecular flexibility index (Phi) is 6.61. The number of amides is 1. The van der Waals surface area contributed by atoms with Gasteiger partial charge < -0.3 is 9.84 Å². The van der Waals surface area contributed by atoms with Crippen molar-refractivity contribution in [1.29, 1.82) is 0 Å². The molecule has 1 N–H and O–H groups in total. The van der Waals surface area contributed by atoms with E-state index in [0.29, 0.717) is 5.56 Å². The summed E-state index contributed by atoms with van der Waals surface area (Å²) in [6, 6.07) is 9.14. The summed E-state index contributed by atoms with van der Waals surface area (Å²) >= 11 is 0. The van der Waals surface area contributed by atoms with Gasteiger partial charge >= 0.3 is 18.2 Å². The highest BCUT2D eigenvalue weighted by Crippen LogP contribution is 2.29. The molecule has 9 heteroatoms. The number of carboxylic acids is 1. The fourth-order valence-electron chi connectivity index (χ4n) is 2.64. The zero-order valence-electron chi connectivity index (χ0n) is 14.7. The zero-order chi connectivity index (χ0) is 20.9. The number of nitrogens with zero attached hydrogens (tertiary/aromatic N) is 1. The third-order valence-corrected chi connectivity index (χ3v) is 3.86. The number of rotatable bonds is 6. The molecule has 0 heterocycles. The zero-order valence-corrected chi connectivity index (χ0v) is 14.7. The molecule has 0 spiro atoms. The number of alkyl halides is 3. The van der Waals surface area contributed by atoms with Gasteiger partial charge in [-0.1, -0.05) is 36.4 Å². The number of halogens is 4. The van der Waals surface area contributed by atoms with Gasteiger partial charge in [0, 0.05) is 0 Å². The molecule has 0 saturated heterocycles. The average Bonchev–Trinajstić information content (AvgIpc) is 2.60. The van der Waals surface area contributed by atoms with Crippen molar-refractivity contribution in [2.75, 3.05) is 6.54 Å². The second-order valence-corrected chi connectivity index (χ2v) is 6.02. The second kappa shape index (κ2) is 8.73. The van der Waals surface area contributed by atoms with E-state index < -0.39 is 36.6 Å². The van der Waals surface area contributed by atoms with E-state index in [-0.39, 0.29) is 22.6 Å². The van der Waals surface area contributed by atoms with Crippen LogP contribution in [0.2, 0.25) is 0 Å². The quantitative estimate of drug-likeness (QED) is 0.729. The normalized spacial score (nSPS) is 12.3. The highest BCUT2D eigenvalue weighted by Gasteiger charge is 2.41. The molecule has 28 heavy (non-hydrogen) atoms. The van der Waals surface area contributed by atoms with Gasteiger partial charge in [0.05, 0.1) is 0 Å². The number of ether oxygens (including phenoxy) is 1. The molecule has 0 saturated carbocycles. The summed E-state index contributed by atoms with van der Waals surface area (Å²) in [5.74, 6) is -2.38. The van der Waals surface area contributed by atoms with Crippen LogP contribution in [0, 0.1) is 12.7 Å². The molecule has 1 unspecified atom stereocenters. The maximum Gasteiger partial charge on any atom is 0.411 e. The molecule has 2 aromatic rings. The summed E-state index contributed by atoms with van der Waals surface area (Å²) < 4.78 is 57.3. The van der Waals surface area contributed by atoms with Crippen molar-refractivity contribution in [2.24, 2.45) is 0 Å². The van der Waals surface area contributed by atoms with Crippen molar-refractivity contribution >= 4 is 12.1 Å². The maximum atomic E-state index is 13.3. The van der Waals surface area contributed by atoms with Crippen molar-refractivity contribution < 1.29 is 37.0 Å². The molecule has 1 atom stereocenters. The largest absolute Gasteiger partial charge is 0.479 e. The molecule has 0 aliphatic rings. The number of carbonyl (C=O) groups excluding carboxylic acids is 1. The summed E-state index contributed by atoms with van der Waals surface area (Å²) in [6.07, 6.45) is -6.31. The summed E-state index contributed by atoms with van der Waals surface area (Å²) in [4.78, 5) is 24.2. The number of aryl methyl sites for hydroxylation is 1. The fraction of sp³-hybridized carbons (Fsp3) is 0.263. The van der Waals surface area contributed by atoms with Gasteiger partial charge in [-0.15, -0.1) is 0 Å². The molecule has 0 fully saturated rings. The maximum absolute atomic E-state index is 13.3. The first-order chi connectivity index (χ1) is 13.1. The highest BCUT2D eigenvalue weighted by molar-refractivity contribution is 5.82. The van der Waals surface area contributed by atoms with Crippen molar-refractivity contribution in [3.8, 4) is 0 Å². The summed E-state index contributed by atoms with van der Waals surface area (Å²) in [7, 11) is 0. The van der Waals surface area contributed by atoms with Crippen LogP contribution in [0.15, 0.2) is 48.5 Å². The Morgan fingerprint density at radius 2 is 1.79 bits per heavy atom. The lowest BCUT2D eigenvalue weighted by molar-refractivity contribution is -0.159. The van der Waals surface area contributed by atoms with Gasteiger partial charge in [-0.2, -0.15) is 13.2 Å². The SMILES string of the molecule is Cc1cc(F)ccc1C(C(=O)O)N(CC(F)(F)F)C(=O)OCc1ccccc1. The molecule has 0 aliphatic carbocycles. The topological polar surface area (TPSA) is 66.8 Å². The monoisotopic (exact) mass is 399 g/mol. The standard InChI is InChI=1S/C19H17F4NO4/c1-12-9-14(20)7-8-15(12)16(17(25)26)24(11-19(21,22)23)18(27)28-10-13-5-3-2-4-6-13/h2-9,16H,10-11H2,1H3,(H,25,26). The molecule has 0 radical (unpaired) electrons. The van der Waals surface area contributed by atoms with Gasteiger partial charge in [0.25, 0.3) is 0 Å². The van der Waals surface area contributed by atoms with E-state index in [4.69, 9.17) is 4.74 Å². The van der Waals surface area contributed by atoms with E-state index in [1.807, 2.05) is 0 Å². The molecule has 2 aromatic carbocycles. The Labute approximate surface area is 158 Å². The van der Waals surface area contributed by atoms with E-state index >= 15 is 0 Å². The minimum Gasteiger partial charge on any atom is -0.479 e. The predicted molar refractivity (Wildman–Crippen MR) is 90.9 cm³/mol. The fourth-order valence-corrected chi connectivity index (χ4v) is 2.64. The number of carbonyl (C=O) groups is 2. The van der Waals surface area contributed by atoms with Crippen LogP contribution in [0.3, 0.4) is 0 Å². The first kappa shape index (κ1) is 21.2. The van der Waals surface area contributed by atoms with Crippen LogP contribution in [-0.4, -0.2) is 34.8 Å². The van der Waals surface area contributed by atoms with E-state index in [1.54, 1.807) is 30.3 Å². The lowest BCUT2D eigenvalue weighted by atomic mass is 10.00. The smallest absolute Gasteiger partial charge is 0.411 e. The molecule has 0 bridgehead atoms. The van der Waals surface area contributed by atoms with Crippen molar-refractivity contribution in [1.82, 2.24) is 4.90 Å². The van der Waals surface area contributed by atoms with Crippen LogP contribution in [0.5, 0.6) is 0 Å². The number of carboxylic acid groups (broad SMARTS) is 1. The third-order valence-electron chi connectivity index (χ3n) is 3.86. The van der Waals surface area contributed by atoms with E-state index in [2.05, 4.69) is 0 Å². The number of aliphatic carboxylic acids is 1.